The lowest BCUT2D eigenvalue weighted by molar-refractivity contribution is -0.304. The van der Waals surface area contributed by atoms with Crippen LogP contribution in [0.15, 0.2) is 41.8 Å². The van der Waals surface area contributed by atoms with Crippen LogP contribution in [0.5, 0.6) is 5.75 Å². The number of anilines is 1. The molecule has 0 aliphatic carbocycles. The van der Waals surface area contributed by atoms with Gasteiger partial charge in [0.25, 0.3) is 12.1 Å². The SMILES string of the molecule is O=C(CCCNC(=O)c1cccs1)Nc1ccccc1OC(F)(F)[C@@H](F)C(F)(F)F. The Labute approximate surface area is 171 Å². The van der Waals surface area contributed by atoms with E-state index >= 15 is 0 Å². The molecule has 0 saturated heterocycles. The van der Waals surface area contributed by atoms with Crippen molar-refractivity contribution in [3.63, 3.8) is 0 Å². The van der Waals surface area contributed by atoms with E-state index in [1.807, 2.05) is 0 Å². The molecule has 0 radical (unpaired) electrons. The molecule has 2 aromatic rings. The lowest BCUT2D eigenvalue weighted by Crippen LogP contribution is -2.45. The van der Waals surface area contributed by atoms with Gasteiger partial charge in [-0.05, 0) is 30.0 Å². The molecule has 1 aromatic heterocycles. The van der Waals surface area contributed by atoms with E-state index in [9.17, 15) is 35.9 Å². The number of rotatable bonds is 9. The van der Waals surface area contributed by atoms with Gasteiger partial charge in [-0.15, -0.1) is 11.3 Å². The fourth-order valence-corrected chi connectivity index (χ4v) is 2.85. The van der Waals surface area contributed by atoms with Gasteiger partial charge in [0, 0.05) is 13.0 Å². The summed E-state index contributed by atoms with van der Waals surface area (Å²) >= 11 is 1.24. The van der Waals surface area contributed by atoms with Crippen LogP contribution in [0, 0.1) is 0 Å². The Kier molecular flexibility index (Phi) is 7.71. The van der Waals surface area contributed by atoms with Crippen LogP contribution in [0.1, 0.15) is 22.5 Å². The largest absolute Gasteiger partial charge is 0.439 e. The standard InChI is InChI=1S/C18H16F6N2O3S/c19-16(17(20,21)22)18(23,24)29-12-6-2-1-5-11(12)26-14(27)8-3-9-25-15(28)13-7-4-10-30-13/h1-2,4-7,10,16H,3,8-9H2,(H,25,28)(H,26,27)/t16-/m0/s1. The topological polar surface area (TPSA) is 67.4 Å². The number of benzene rings is 1. The summed E-state index contributed by atoms with van der Waals surface area (Å²) in [6.45, 7) is 0.162. The smallest absolute Gasteiger partial charge is 0.428 e. The first kappa shape index (κ1) is 23.5. The molecule has 0 spiro atoms. The normalized spacial score (nSPS) is 12.9. The number of nitrogens with one attached hydrogen (secondary N) is 2. The minimum absolute atomic E-state index is 0.121. The summed E-state index contributed by atoms with van der Waals surface area (Å²) in [5.74, 6) is -1.79. The van der Waals surface area contributed by atoms with E-state index in [-0.39, 0.29) is 31.0 Å². The Morgan fingerprint density at radius 1 is 1.07 bits per heavy atom. The second-order valence-corrected chi connectivity index (χ2v) is 6.90. The number of halogens is 6. The fourth-order valence-electron chi connectivity index (χ4n) is 2.21. The molecule has 1 atom stereocenters. The van der Waals surface area contributed by atoms with Gasteiger partial charge in [0.15, 0.2) is 0 Å². The minimum Gasteiger partial charge on any atom is -0.428 e. The highest BCUT2D eigenvalue weighted by molar-refractivity contribution is 7.12. The summed E-state index contributed by atoms with van der Waals surface area (Å²) < 4.78 is 80.6. The van der Waals surface area contributed by atoms with Gasteiger partial charge in [-0.3, -0.25) is 9.59 Å². The van der Waals surface area contributed by atoms with E-state index in [0.29, 0.717) is 4.88 Å². The van der Waals surface area contributed by atoms with Crippen LogP contribution in [0.4, 0.5) is 32.0 Å². The summed E-state index contributed by atoms with van der Waals surface area (Å²) in [5, 5.41) is 6.53. The maximum Gasteiger partial charge on any atom is 0.439 e. The van der Waals surface area contributed by atoms with Crippen molar-refractivity contribution in [2.24, 2.45) is 0 Å². The molecular formula is C18H16F6N2O3S. The number of amides is 2. The first-order valence-corrected chi connectivity index (χ1v) is 9.37. The van der Waals surface area contributed by atoms with Gasteiger partial charge in [0.05, 0.1) is 10.6 Å². The summed E-state index contributed by atoms with van der Waals surface area (Å²) in [4.78, 5) is 24.2. The molecule has 0 unspecified atom stereocenters. The number of ether oxygens (including phenoxy) is 1. The van der Waals surface area contributed by atoms with E-state index in [4.69, 9.17) is 0 Å². The Balaban J connectivity index is 1.89. The average Bonchev–Trinajstić information content (AvgIpc) is 3.20. The minimum atomic E-state index is -5.82. The Bertz CT molecular complexity index is 858. The number of hydrogen-bond donors (Lipinski definition) is 2. The average molecular weight is 454 g/mol. The van der Waals surface area contributed by atoms with Gasteiger partial charge >= 0.3 is 12.3 Å². The molecule has 12 heteroatoms. The second kappa shape index (κ2) is 9.83. The lowest BCUT2D eigenvalue weighted by atomic mass is 10.2. The summed E-state index contributed by atoms with van der Waals surface area (Å²) in [7, 11) is 0. The van der Waals surface area contributed by atoms with E-state index in [1.54, 1.807) is 17.5 Å². The third-order valence-electron chi connectivity index (χ3n) is 3.60. The van der Waals surface area contributed by atoms with Gasteiger partial charge in [-0.1, -0.05) is 18.2 Å². The Morgan fingerprint density at radius 3 is 2.40 bits per heavy atom. The fraction of sp³-hybridized carbons (Fsp3) is 0.333. The zero-order valence-electron chi connectivity index (χ0n) is 15.1. The Morgan fingerprint density at radius 2 is 1.77 bits per heavy atom. The van der Waals surface area contributed by atoms with E-state index in [1.165, 1.54) is 23.5 Å². The van der Waals surface area contributed by atoms with Crippen LogP contribution in [0.2, 0.25) is 0 Å². The number of para-hydroxylation sites is 2. The first-order valence-electron chi connectivity index (χ1n) is 8.49. The molecule has 2 amide bonds. The number of hydrogen-bond acceptors (Lipinski definition) is 4. The number of alkyl halides is 6. The summed E-state index contributed by atoms with van der Waals surface area (Å²) in [5.41, 5.74) is -0.348. The molecular weight excluding hydrogens is 438 g/mol. The third-order valence-corrected chi connectivity index (χ3v) is 4.47. The van der Waals surface area contributed by atoms with Gasteiger partial charge in [0.2, 0.25) is 5.91 Å². The molecule has 1 aromatic carbocycles. The molecule has 2 N–H and O–H groups in total. The van der Waals surface area contributed by atoms with E-state index in [2.05, 4.69) is 15.4 Å². The molecule has 0 saturated carbocycles. The highest BCUT2D eigenvalue weighted by Gasteiger charge is 2.59. The van der Waals surface area contributed by atoms with Crippen molar-refractivity contribution in [3.05, 3.63) is 46.7 Å². The summed E-state index contributed by atoms with van der Waals surface area (Å²) in [6, 6.07) is 7.80. The van der Waals surface area contributed by atoms with Crippen molar-refractivity contribution >= 4 is 28.8 Å². The van der Waals surface area contributed by atoms with Crippen molar-refractivity contribution in [1.29, 1.82) is 0 Å². The number of carbonyl (C=O) groups excluding carboxylic acids is 2. The molecule has 1 heterocycles. The third kappa shape index (κ3) is 6.65. The molecule has 164 valence electrons. The van der Waals surface area contributed by atoms with E-state index in [0.717, 1.165) is 12.1 Å². The highest BCUT2D eigenvalue weighted by Crippen LogP contribution is 2.38. The predicted molar refractivity (Wildman–Crippen MR) is 97.5 cm³/mol. The van der Waals surface area contributed by atoms with Gasteiger partial charge in [0.1, 0.15) is 5.75 Å². The van der Waals surface area contributed by atoms with Crippen molar-refractivity contribution in [3.8, 4) is 5.75 Å². The molecule has 0 aliphatic heterocycles. The number of thiophene rings is 1. The second-order valence-electron chi connectivity index (χ2n) is 5.95. The van der Waals surface area contributed by atoms with Crippen molar-refractivity contribution in [1.82, 2.24) is 5.32 Å². The molecule has 0 aliphatic rings. The van der Waals surface area contributed by atoms with Gasteiger partial charge in [-0.25, -0.2) is 4.39 Å². The van der Waals surface area contributed by atoms with Crippen LogP contribution in [0.3, 0.4) is 0 Å². The van der Waals surface area contributed by atoms with Crippen molar-refractivity contribution in [2.75, 3.05) is 11.9 Å². The molecule has 0 bridgehead atoms. The predicted octanol–water partition coefficient (Wildman–Crippen LogP) is 4.77. The van der Waals surface area contributed by atoms with Gasteiger partial charge < -0.3 is 15.4 Å². The zero-order valence-corrected chi connectivity index (χ0v) is 16.0. The Hall–Kier alpha value is -2.76. The highest BCUT2D eigenvalue weighted by atomic mass is 32.1. The van der Waals surface area contributed by atoms with Crippen LogP contribution >= 0.6 is 11.3 Å². The van der Waals surface area contributed by atoms with Crippen LogP contribution in [0.25, 0.3) is 0 Å². The quantitative estimate of drug-likeness (QED) is 0.424. The molecule has 0 fully saturated rings. The van der Waals surface area contributed by atoms with E-state index < -0.39 is 30.1 Å². The van der Waals surface area contributed by atoms with Gasteiger partial charge in [-0.2, -0.15) is 22.0 Å². The van der Waals surface area contributed by atoms with Crippen LogP contribution in [-0.2, 0) is 4.79 Å². The molecule has 30 heavy (non-hydrogen) atoms. The monoisotopic (exact) mass is 454 g/mol. The molecule has 2 rings (SSSR count). The van der Waals surface area contributed by atoms with Crippen LogP contribution < -0.4 is 15.4 Å². The zero-order chi connectivity index (χ0) is 22.4. The summed E-state index contributed by atoms with van der Waals surface area (Å²) in [6.07, 6.45) is -15.5. The maximum atomic E-state index is 13.5. The van der Waals surface area contributed by atoms with Crippen molar-refractivity contribution < 1.29 is 40.7 Å². The van der Waals surface area contributed by atoms with Crippen molar-refractivity contribution in [2.45, 2.75) is 31.3 Å². The first-order chi connectivity index (χ1) is 14.0. The molecule has 5 nitrogen and oxygen atoms in total. The lowest BCUT2D eigenvalue weighted by Gasteiger charge is -2.24. The van der Waals surface area contributed by atoms with Crippen LogP contribution in [-0.4, -0.2) is 36.8 Å². The number of carbonyl (C=O) groups is 2. The maximum absolute atomic E-state index is 13.5.